The Morgan fingerprint density at radius 3 is 1.61 bits per heavy atom. The van der Waals surface area contributed by atoms with Gasteiger partial charge in [0.25, 0.3) is 0 Å². The lowest BCUT2D eigenvalue weighted by Gasteiger charge is -2.44. The van der Waals surface area contributed by atoms with Crippen LogP contribution in [0.2, 0.25) is 0 Å². The largest absolute Gasteiger partial charge is 0.368 e. The van der Waals surface area contributed by atoms with E-state index in [4.69, 9.17) is 21.1 Å². The van der Waals surface area contributed by atoms with Crippen LogP contribution in [0.1, 0.15) is 13.8 Å². The van der Waals surface area contributed by atoms with Gasteiger partial charge in [0.15, 0.2) is 0 Å². The molecule has 0 radical (unpaired) electrons. The second-order valence-electron chi connectivity index (χ2n) is 5.49. The topological polar surface area (TPSA) is 208 Å². The molecular weight excluding hydrogens is 318 g/mol. The Bertz CT molecular complexity index is 458. The molecule has 9 N–H and O–H groups in total. The second-order valence-corrected chi connectivity index (χ2v) is 5.49. The molecule has 0 saturated carbocycles. The number of likely N-dealkylation sites (N-methyl/N-ethyl adjacent to an activating group) is 2. The zero-order chi connectivity index (χ0) is 19.0. The fourth-order valence-electron chi connectivity index (χ4n) is 1.91. The van der Waals surface area contributed by atoms with Crippen LogP contribution in [0.4, 0.5) is 4.79 Å². The number of hydrogen-bond acceptors (Lipinski definition) is 9. The molecule has 0 fully saturated rings. The van der Waals surface area contributed by atoms with E-state index < -0.39 is 41.6 Å². The molecular formula is C11H23N3O9. The predicted molar refractivity (Wildman–Crippen MR) is 72.5 cm³/mol. The van der Waals surface area contributed by atoms with Gasteiger partial charge in [-0.3, -0.25) is 9.69 Å². The Morgan fingerprint density at radius 2 is 1.35 bits per heavy atom. The number of amides is 3. The summed E-state index contributed by atoms with van der Waals surface area (Å²) in [5.41, 5.74) is 5.15. The lowest BCUT2D eigenvalue weighted by atomic mass is 10.0. The van der Waals surface area contributed by atoms with Gasteiger partial charge in [0, 0.05) is 14.1 Å². The Kier molecular flexibility index (Phi) is 6.09. The first-order chi connectivity index (χ1) is 10.00. The normalized spacial score (nSPS) is 14.6. The number of aliphatic hydroxyl groups is 7. The average molecular weight is 341 g/mol. The highest BCUT2D eigenvalue weighted by atomic mass is 16.8. The average Bonchev–Trinajstić information content (AvgIpc) is 2.34. The summed E-state index contributed by atoms with van der Waals surface area (Å²) in [7, 11) is 1.72. The van der Waals surface area contributed by atoms with Crippen molar-refractivity contribution in [3.05, 3.63) is 0 Å². The zero-order valence-electron chi connectivity index (χ0n) is 13.1. The van der Waals surface area contributed by atoms with Crippen LogP contribution < -0.4 is 5.73 Å². The third-order valence-corrected chi connectivity index (χ3v) is 3.33. The van der Waals surface area contributed by atoms with Gasteiger partial charge >= 0.3 is 23.7 Å². The first kappa shape index (κ1) is 21.5. The zero-order valence-corrected chi connectivity index (χ0v) is 13.1. The molecule has 12 heteroatoms. The number of carbonyl (C=O) groups is 2. The van der Waals surface area contributed by atoms with Gasteiger partial charge in [-0.25, -0.2) is 4.79 Å². The maximum absolute atomic E-state index is 12.2. The maximum atomic E-state index is 12.2. The molecule has 12 nitrogen and oxygen atoms in total. The molecule has 0 aromatic rings. The molecule has 3 amide bonds. The number of carbonyl (C=O) groups excluding carboxylic acids is 2. The van der Waals surface area contributed by atoms with Crippen molar-refractivity contribution in [1.82, 2.24) is 9.80 Å². The monoisotopic (exact) mass is 341 g/mol. The molecule has 0 aliphatic carbocycles. The molecule has 1 unspecified atom stereocenters. The van der Waals surface area contributed by atoms with Gasteiger partial charge in [0.2, 0.25) is 5.91 Å². The molecule has 0 heterocycles. The summed E-state index contributed by atoms with van der Waals surface area (Å²) in [5.74, 6) is -14.2. The van der Waals surface area contributed by atoms with Crippen LogP contribution in [-0.4, -0.2) is 95.3 Å². The Hall–Kier alpha value is -1.54. The van der Waals surface area contributed by atoms with Crippen LogP contribution in [0.5, 0.6) is 0 Å². The van der Waals surface area contributed by atoms with Crippen LogP contribution in [0, 0.1) is 5.92 Å². The third kappa shape index (κ3) is 3.87. The van der Waals surface area contributed by atoms with Gasteiger partial charge in [-0.05, 0) is 5.92 Å². The number of urea groups is 1. The summed E-state index contributed by atoms with van der Waals surface area (Å²) in [5, 5.41) is 64.4. The Morgan fingerprint density at radius 1 is 0.957 bits per heavy atom. The number of rotatable bonds is 6. The Balaban J connectivity index is 5.63. The molecule has 0 aliphatic rings. The molecule has 23 heavy (non-hydrogen) atoms. The number of hydrogen-bond donors (Lipinski definition) is 8. The molecule has 0 saturated heterocycles. The quantitative estimate of drug-likeness (QED) is 0.218. The van der Waals surface area contributed by atoms with Crippen molar-refractivity contribution in [2.45, 2.75) is 37.6 Å². The van der Waals surface area contributed by atoms with Crippen molar-refractivity contribution in [2.75, 3.05) is 14.1 Å². The molecule has 1 atom stereocenters. The van der Waals surface area contributed by atoms with Crippen molar-refractivity contribution in [3.8, 4) is 0 Å². The molecule has 136 valence electrons. The van der Waals surface area contributed by atoms with Crippen molar-refractivity contribution >= 4 is 11.9 Å². The minimum atomic E-state index is -4.38. The molecule has 0 aromatic heterocycles. The Labute approximate surface area is 131 Å². The number of nitrogens with two attached hydrogens (primary N) is 1. The van der Waals surface area contributed by atoms with Gasteiger partial charge in [0.05, 0.1) is 0 Å². The van der Waals surface area contributed by atoms with Gasteiger partial charge in [0.1, 0.15) is 6.04 Å². The standard InChI is InChI=1S/C11H23N3O9/c1-5(2)6(7(12)15)13(3)8(16)14(4)10(19,20)9(17,18)11(21,22)23/h5-6,17-23H,1-4H3,(H2,12,15). The van der Waals surface area contributed by atoms with Crippen molar-refractivity contribution in [3.63, 3.8) is 0 Å². The lowest BCUT2D eigenvalue weighted by molar-refractivity contribution is -0.525. The lowest BCUT2D eigenvalue weighted by Crippen LogP contribution is -2.75. The van der Waals surface area contributed by atoms with E-state index in [1.54, 1.807) is 13.8 Å². The van der Waals surface area contributed by atoms with Crippen LogP contribution in [0.15, 0.2) is 0 Å². The van der Waals surface area contributed by atoms with E-state index in [0.717, 1.165) is 7.05 Å². The first-order valence-corrected chi connectivity index (χ1v) is 6.36. The van der Waals surface area contributed by atoms with Crippen LogP contribution in [0.3, 0.4) is 0 Å². The van der Waals surface area contributed by atoms with Crippen molar-refractivity contribution in [2.24, 2.45) is 11.7 Å². The molecule has 0 bridgehead atoms. The van der Waals surface area contributed by atoms with Gasteiger partial charge < -0.3 is 46.4 Å². The van der Waals surface area contributed by atoms with Gasteiger partial charge in [-0.1, -0.05) is 13.8 Å². The minimum Gasteiger partial charge on any atom is -0.368 e. The van der Waals surface area contributed by atoms with Crippen LogP contribution >= 0.6 is 0 Å². The van der Waals surface area contributed by atoms with Crippen molar-refractivity contribution < 1.29 is 45.3 Å². The minimum absolute atomic E-state index is 0.136. The van der Waals surface area contributed by atoms with E-state index >= 15 is 0 Å². The van der Waals surface area contributed by atoms with E-state index in [9.17, 15) is 30.0 Å². The SMILES string of the molecule is CC(C)C(C(N)=O)N(C)C(=O)N(C)C(O)(O)C(O)(O)C(O)(O)O. The predicted octanol–water partition coefficient (Wildman–Crippen LogP) is -4.57. The fourth-order valence-corrected chi connectivity index (χ4v) is 1.91. The molecule has 0 rings (SSSR count). The van der Waals surface area contributed by atoms with Gasteiger partial charge in [-0.2, -0.15) is 0 Å². The van der Waals surface area contributed by atoms with E-state index in [1.807, 2.05) is 0 Å². The fraction of sp³-hybridized carbons (Fsp3) is 0.818. The molecule has 0 aromatic carbocycles. The van der Waals surface area contributed by atoms with Gasteiger partial charge in [-0.15, -0.1) is 0 Å². The second kappa shape index (κ2) is 6.52. The van der Waals surface area contributed by atoms with Crippen molar-refractivity contribution in [1.29, 1.82) is 0 Å². The summed E-state index contributed by atoms with van der Waals surface area (Å²) in [4.78, 5) is 24.1. The van der Waals surface area contributed by atoms with E-state index in [2.05, 4.69) is 0 Å². The molecule has 0 spiro atoms. The summed E-state index contributed by atoms with van der Waals surface area (Å²) >= 11 is 0. The van der Waals surface area contributed by atoms with Crippen LogP contribution in [0.25, 0.3) is 0 Å². The molecule has 0 aliphatic heterocycles. The first-order valence-electron chi connectivity index (χ1n) is 6.36. The summed E-state index contributed by atoms with van der Waals surface area (Å²) < 4.78 is 0. The van der Waals surface area contributed by atoms with E-state index in [0.29, 0.717) is 11.9 Å². The van der Waals surface area contributed by atoms with Crippen LogP contribution in [-0.2, 0) is 4.79 Å². The summed E-state index contributed by atoms with van der Waals surface area (Å²) in [6.45, 7) is 3.10. The van der Waals surface area contributed by atoms with E-state index in [-0.39, 0.29) is 4.90 Å². The number of nitrogens with zero attached hydrogens (tertiary/aromatic N) is 2. The smallest absolute Gasteiger partial charge is 0.340 e. The number of primary amides is 1. The highest BCUT2D eigenvalue weighted by Gasteiger charge is 2.65. The van der Waals surface area contributed by atoms with E-state index in [1.165, 1.54) is 0 Å². The summed E-state index contributed by atoms with van der Waals surface area (Å²) in [6.07, 6.45) is 0. The highest BCUT2D eigenvalue weighted by molar-refractivity contribution is 5.86. The third-order valence-electron chi connectivity index (χ3n) is 3.33. The maximum Gasteiger partial charge on any atom is 0.340 e. The summed E-state index contributed by atoms with van der Waals surface area (Å²) in [6, 6.07) is -2.53. The highest BCUT2D eigenvalue weighted by Crippen LogP contribution is 2.29.